The van der Waals surface area contributed by atoms with Crippen molar-refractivity contribution < 1.29 is 23.9 Å². The lowest BCUT2D eigenvalue weighted by molar-refractivity contribution is -0.151. The first kappa shape index (κ1) is 22.8. The number of nitrogens with one attached hydrogen (secondary N) is 2. The van der Waals surface area contributed by atoms with Crippen LogP contribution in [0, 0.1) is 17.8 Å². The maximum atomic E-state index is 12.5. The number of hydrogen-bond donors (Lipinski definition) is 2. The van der Waals surface area contributed by atoms with Gasteiger partial charge in [-0.15, -0.1) is 0 Å². The summed E-state index contributed by atoms with van der Waals surface area (Å²) in [6.07, 6.45) is 3.39. The molecule has 1 saturated carbocycles. The second kappa shape index (κ2) is 9.94. The first-order valence-electron chi connectivity index (χ1n) is 10.9. The van der Waals surface area contributed by atoms with Crippen LogP contribution in [0.5, 0.6) is 0 Å². The maximum absolute atomic E-state index is 12.5. The van der Waals surface area contributed by atoms with Crippen molar-refractivity contribution in [2.24, 2.45) is 17.8 Å². The van der Waals surface area contributed by atoms with E-state index in [2.05, 4.69) is 24.5 Å². The Bertz CT molecular complexity index is 838. The fraction of sp³-hybridized carbons (Fsp3) is 0.565. The van der Waals surface area contributed by atoms with Crippen LogP contribution in [-0.2, 0) is 23.9 Å². The summed E-state index contributed by atoms with van der Waals surface area (Å²) >= 11 is 0. The largest absolute Gasteiger partial charge is 0.455 e. The third-order valence-electron chi connectivity index (χ3n) is 6.39. The summed E-state index contributed by atoms with van der Waals surface area (Å²) < 4.78 is 5.18. The molecule has 3 rings (SSSR count). The van der Waals surface area contributed by atoms with Crippen LogP contribution in [0.15, 0.2) is 24.3 Å². The van der Waals surface area contributed by atoms with Gasteiger partial charge >= 0.3 is 5.97 Å². The van der Waals surface area contributed by atoms with Crippen LogP contribution in [0.4, 0.5) is 11.4 Å². The highest BCUT2D eigenvalue weighted by molar-refractivity contribution is 5.94. The molecule has 1 aromatic rings. The molecule has 1 aliphatic heterocycles. The molecule has 31 heavy (non-hydrogen) atoms. The van der Waals surface area contributed by atoms with Gasteiger partial charge in [-0.1, -0.05) is 26.7 Å². The molecule has 1 aromatic carbocycles. The van der Waals surface area contributed by atoms with E-state index in [9.17, 15) is 19.2 Å². The molecule has 8 heteroatoms. The zero-order chi connectivity index (χ0) is 22.5. The van der Waals surface area contributed by atoms with Gasteiger partial charge in [0, 0.05) is 37.3 Å². The number of esters is 1. The highest BCUT2D eigenvalue weighted by Gasteiger charge is 2.42. The molecule has 1 heterocycles. The minimum atomic E-state index is -0.526. The highest BCUT2D eigenvalue weighted by atomic mass is 16.5. The lowest BCUT2D eigenvalue weighted by atomic mass is 9.77. The number of hydrogen-bond acceptors (Lipinski definition) is 5. The van der Waals surface area contributed by atoms with Crippen LogP contribution in [0.25, 0.3) is 0 Å². The van der Waals surface area contributed by atoms with Crippen LogP contribution in [0.3, 0.4) is 0 Å². The number of rotatable bonds is 6. The number of anilines is 2. The summed E-state index contributed by atoms with van der Waals surface area (Å²) in [4.78, 5) is 50.0. The van der Waals surface area contributed by atoms with Crippen molar-refractivity contribution in [2.45, 2.75) is 52.5 Å². The average molecular weight is 430 g/mol. The van der Waals surface area contributed by atoms with E-state index in [-0.39, 0.29) is 24.3 Å². The third-order valence-corrected chi connectivity index (χ3v) is 6.39. The van der Waals surface area contributed by atoms with E-state index in [1.807, 2.05) is 4.90 Å². The fourth-order valence-electron chi connectivity index (χ4n) is 4.50. The predicted octanol–water partition coefficient (Wildman–Crippen LogP) is 2.80. The Kier molecular flexibility index (Phi) is 7.30. The monoisotopic (exact) mass is 429 g/mol. The molecule has 0 unspecified atom stereocenters. The van der Waals surface area contributed by atoms with Crippen molar-refractivity contribution >= 4 is 35.1 Å². The molecule has 2 fully saturated rings. The molecular weight excluding hydrogens is 398 g/mol. The Morgan fingerprint density at radius 3 is 2.35 bits per heavy atom. The van der Waals surface area contributed by atoms with E-state index < -0.39 is 24.4 Å². The van der Waals surface area contributed by atoms with Gasteiger partial charge in [0.1, 0.15) is 0 Å². The van der Waals surface area contributed by atoms with Gasteiger partial charge in [0.05, 0.1) is 5.92 Å². The molecule has 4 atom stereocenters. The van der Waals surface area contributed by atoms with E-state index in [0.717, 1.165) is 12.8 Å². The van der Waals surface area contributed by atoms with Gasteiger partial charge < -0.3 is 20.3 Å². The van der Waals surface area contributed by atoms with Crippen molar-refractivity contribution in [3.8, 4) is 0 Å². The van der Waals surface area contributed by atoms with Crippen molar-refractivity contribution in [1.82, 2.24) is 4.90 Å². The van der Waals surface area contributed by atoms with E-state index >= 15 is 0 Å². The predicted molar refractivity (Wildman–Crippen MR) is 116 cm³/mol. The second-order valence-corrected chi connectivity index (χ2v) is 8.70. The van der Waals surface area contributed by atoms with Gasteiger partial charge in [-0.2, -0.15) is 0 Å². The third kappa shape index (κ3) is 5.83. The molecule has 0 aromatic heterocycles. The van der Waals surface area contributed by atoms with Crippen molar-refractivity contribution in [3.05, 3.63) is 24.3 Å². The Morgan fingerprint density at radius 2 is 1.71 bits per heavy atom. The normalized spacial score (nSPS) is 25.8. The first-order chi connectivity index (χ1) is 14.7. The van der Waals surface area contributed by atoms with Gasteiger partial charge in [0.25, 0.3) is 5.91 Å². The lowest BCUT2D eigenvalue weighted by Crippen LogP contribution is -2.45. The molecule has 0 bridgehead atoms. The molecule has 8 nitrogen and oxygen atoms in total. The zero-order valence-electron chi connectivity index (χ0n) is 18.3. The van der Waals surface area contributed by atoms with Crippen LogP contribution < -0.4 is 10.6 Å². The summed E-state index contributed by atoms with van der Waals surface area (Å²) in [5, 5.41) is 5.28. The Balaban J connectivity index is 1.46. The molecule has 168 valence electrons. The molecular formula is C23H31N3O5. The summed E-state index contributed by atoms with van der Waals surface area (Å²) in [6, 6.07) is 6.79. The lowest BCUT2D eigenvalue weighted by Gasteiger charge is -2.39. The number of carbonyl (C=O) groups is 4. The molecule has 1 saturated heterocycles. The Morgan fingerprint density at radius 1 is 1.06 bits per heavy atom. The zero-order valence-corrected chi connectivity index (χ0v) is 18.3. The number of ether oxygens (including phenoxy) is 1. The smallest absolute Gasteiger partial charge is 0.311 e. The Hall–Kier alpha value is -2.90. The van der Waals surface area contributed by atoms with Crippen molar-refractivity contribution in [3.63, 3.8) is 0 Å². The minimum Gasteiger partial charge on any atom is -0.455 e. The summed E-state index contributed by atoms with van der Waals surface area (Å²) in [6.45, 7) is 5.77. The first-order valence-corrected chi connectivity index (χ1v) is 10.9. The van der Waals surface area contributed by atoms with E-state index in [4.69, 9.17) is 4.74 Å². The van der Waals surface area contributed by atoms with Gasteiger partial charge in [0.2, 0.25) is 11.8 Å². The molecule has 3 amide bonds. The van der Waals surface area contributed by atoms with Crippen LogP contribution in [-0.4, -0.2) is 47.8 Å². The summed E-state index contributed by atoms with van der Waals surface area (Å²) in [7, 11) is 0. The average Bonchev–Trinajstić information content (AvgIpc) is 3.11. The van der Waals surface area contributed by atoms with Crippen LogP contribution >= 0.6 is 0 Å². The van der Waals surface area contributed by atoms with Gasteiger partial charge in [-0.05, 0) is 42.5 Å². The van der Waals surface area contributed by atoms with Crippen molar-refractivity contribution in [2.75, 3.05) is 23.8 Å². The van der Waals surface area contributed by atoms with Gasteiger partial charge in [0.15, 0.2) is 6.61 Å². The molecule has 0 radical (unpaired) electrons. The van der Waals surface area contributed by atoms with E-state index in [1.54, 1.807) is 24.3 Å². The number of nitrogens with zero attached hydrogens (tertiary/aromatic N) is 1. The van der Waals surface area contributed by atoms with Crippen LogP contribution in [0.2, 0.25) is 0 Å². The number of amides is 3. The topological polar surface area (TPSA) is 105 Å². The summed E-state index contributed by atoms with van der Waals surface area (Å²) in [5.74, 6) is -0.706. The minimum absolute atomic E-state index is 0.00314. The number of likely N-dealkylation sites (tertiary alicyclic amines) is 1. The second-order valence-electron chi connectivity index (χ2n) is 8.70. The highest BCUT2D eigenvalue weighted by Crippen LogP contribution is 2.35. The molecule has 2 aliphatic rings. The van der Waals surface area contributed by atoms with E-state index in [0.29, 0.717) is 29.8 Å². The maximum Gasteiger partial charge on any atom is 0.311 e. The SMILES string of the molecule is CC(=O)Nc1ccc(NC(=O)COC(=O)[C@@H]2CC(=O)N([C@@H]3CCC[C@@H](C)[C@H]3C)C2)cc1. The van der Waals surface area contributed by atoms with Gasteiger partial charge in [-0.3, -0.25) is 19.2 Å². The quantitative estimate of drug-likeness (QED) is 0.677. The van der Waals surface area contributed by atoms with Crippen molar-refractivity contribution in [1.29, 1.82) is 0 Å². The van der Waals surface area contributed by atoms with E-state index in [1.165, 1.54) is 13.3 Å². The number of carbonyl (C=O) groups excluding carboxylic acids is 4. The standard InChI is InChI=1S/C23H31N3O5/c1-14-5-4-6-20(15(14)2)26-12-17(11-22(26)29)23(30)31-13-21(28)25-19-9-7-18(8-10-19)24-16(3)27/h7-10,14-15,17,20H,4-6,11-13H2,1-3H3,(H,24,27)(H,25,28)/t14-,15-,17-,20-/m1/s1. The summed E-state index contributed by atoms with van der Waals surface area (Å²) in [5.41, 5.74) is 1.15. The number of benzene rings is 1. The van der Waals surface area contributed by atoms with Gasteiger partial charge in [-0.25, -0.2) is 0 Å². The molecule has 0 spiro atoms. The fourth-order valence-corrected chi connectivity index (χ4v) is 4.50. The van der Waals surface area contributed by atoms with Crippen LogP contribution in [0.1, 0.15) is 46.5 Å². The molecule has 2 N–H and O–H groups in total. The molecule has 1 aliphatic carbocycles. The Labute approximate surface area is 182 Å².